The molecule has 3 aromatic rings. The number of aromatic amines is 1. The largest absolute Gasteiger partial charge is 0.417 e. The molecule has 1 aliphatic heterocycles. The van der Waals surface area contributed by atoms with E-state index in [9.17, 15) is 22.4 Å². The Morgan fingerprint density at radius 2 is 2.03 bits per heavy atom. The number of benzene rings is 2. The number of amides is 2. The van der Waals surface area contributed by atoms with Crippen LogP contribution in [0.4, 0.5) is 28.0 Å². The van der Waals surface area contributed by atoms with Crippen LogP contribution >= 0.6 is 11.6 Å². The third kappa shape index (κ3) is 4.59. The van der Waals surface area contributed by atoms with Gasteiger partial charge in [-0.25, -0.2) is 14.2 Å². The molecule has 164 valence electrons. The molecular weight excluding hydrogens is 438 g/mol. The first-order chi connectivity index (χ1) is 14.6. The monoisotopic (exact) mass is 455 g/mol. The number of rotatable bonds is 3. The lowest BCUT2D eigenvalue weighted by atomic mass is 10.1. The number of likely N-dealkylation sites (tertiary alicyclic amines) is 1. The van der Waals surface area contributed by atoms with Crippen molar-refractivity contribution in [3.05, 3.63) is 58.6 Å². The number of carbonyl (C=O) groups is 1. The Labute approximate surface area is 179 Å². The number of carbonyl (C=O) groups excluding carboxylic acids is 1. The zero-order valence-corrected chi connectivity index (χ0v) is 17.0. The summed E-state index contributed by atoms with van der Waals surface area (Å²) in [6.07, 6.45) is -4.09. The number of hydrogen-bond donors (Lipinski definition) is 3. The lowest BCUT2D eigenvalue weighted by Crippen LogP contribution is -2.39. The molecule has 0 aliphatic carbocycles. The number of imidazole rings is 1. The van der Waals surface area contributed by atoms with Crippen LogP contribution in [0.5, 0.6) is 0 Å². The van der Waals surface area contributed by atoms with Gasteiger partial charge in [-0.2, -0.15) is 13.2 Å². The minimum Gasteiger partial charge on any atom is -0.341 e. The Morgan fingerprint density at radius 1 is 1.26 bits per heavy atom. The number of fused-ring (bicyclic) bond motifs is 1. The van der Waals surface area contributed by atoms with Crippen molar-refractivity contribution >= 4 is 34.4 Å². The van der Waals surface area contributed by atoms with E-state index in [0.29, 0.717) is 29.8 Å². The van der Waals surface area contributed by atoms with E-state index >= 15 is 0 Å². The van der Waals surface area contributed by atoms with Gasteiger partial charge in [0.15, 0.2) is 0 Å². The standard InChI is InChI=1S/C20H18ClF4N5O/c1-30-9-12(8-17(30)18-28-15-5-2-10(22)6-16(15)29-18)27-19(31)26-11-3-4-14(21)13(7-11)20(23,24)25/h2-7,12,17H,8-9H2,1H3,(H,28,29)(H2,26,27,31)/t12-,17+/m1/s1. The summed E-state index contributed by atoms with van der Waals surface area (Å²) >= 11 is 5.60. The molecule has 1 aromatic heterocycles. The molecule has 2 aromatic carbocycles. The molecule has 0 radical (unpaired) electrons. The summed E-state index contributed by atoms with van der Waals surface area (Å²) in [5.41, 5.74) is 0.188. The van der Waals surface area contributed by atoms with Crippen LogP contribution in [0.2, 0.25) is 5.02 Å². The van der Waals surface area contributed by atoms with Crippen LogP contribution in [0, 0.1) is 5.82 Å². The molecule has 2 heterocycles. The van der Waals surface area contributed by atoms with Gasteiger partial charge in [0, 0.05) is 18.3 Å². The van der Waals surface area contributed by atoms with Crippen molar-refractivity contribution in [2.45, 2.75) is 24.7 Å². The maximum absolute atomic E-state index is 13.4. The average molecular weight is 456 g/mol. The third-order valence-electron chi connectivity index (χ3n) is 5.19. The Hall–Kier alpha value is -2.85. The molecule has 1 saturated heterocycles. The number of nitrogens with zero attached hydrogens (tertiary/aromatic N) is 2. The molecule has 3 N–H and O–H groups in total. The van der Waals surface area contributed by atoms with Crippen LogP contribution in [0.25, 0.3) is 11.0 Å². The second-order valence-electron chi connectivity index (χ2n) is 7.46. The molecule has 0 bridgehead atoms. The summed E-state index contributed by atoms with van der Waals surface area (Å²) < 4.78 is 52.4. The van der Waals surface area contributed by atoms with Gasteiger partial charge in [0.25, 0.3) is 0 Å². The van der Waals surface area contributed by atoms with Crippen molar-refractivity contribution in [2.75, 3.05) is 18.9 Å². The van der Waals surface area contributed by atoms with E-state index in [1.807, 2.05) is 11.9 Å². The molecule has 0 unspecified atom stereocenters. The summed E-state index contributed by atoms with van der Waals surface area (Å²) in [7, 11) is 1.87. The Balaban J connectivity index is 1.41. The van der Waals surface area contributed by atoms with Gasteiger partial charge in [0.2, 0.25) is 0 Å². The molecule has 2 atom stereocenters. The van der Waals surface area contributed by atoms with Gasteiger partial charge < -0.3 is 15.6 Å². The van der Waals surface area contributed by atoms with Gasteiger partial charge in [-0.15, -0.1) is 0 Å². The van der Waals surface area contributed by atoms with Crippen molar-refractivity contribution in [3.63, 3.8) is 0 Å². The normalized spacial score (nSPS) is 19.7. The predicted molar refractivity (Wildman–Crippen MR) is 108 cm³/mol. The number of urea groups is 1. The number of likely N-dealkylation sites (N-methyl/N-ethyl adjacent to an activating group) is 1. The third-order valence-corrected chi connectivity index (χ3v) is 5.52. The highest BCUT2D eigenvalue weighted by atomic mass is 35.5. The predicted octanol–water partition coefficient (Wildman–Crippen LogP) is 4.94. The fourth-order valence-corrected chi connectivity index (χ4v) is 3.98. The van der Waals surface area contributed by atoms with Gasteiger partial charge in [-0.3, -0.25) is 4.90 Å². The number of nitrogens with one attached hydrogen (secondary N) is 3. The van der Waals surface area contributed by atoms with Gasteiger partial charge in [-0.05, 0) is 49.9 Å². The van der Waals surface area contributed by atoms with E-state index < -0.39 is 22.8 Å². The number of hydrogen-bond acceptors (Lipinski definition) is 3. The molecule has 6 nitrogen and oxygen atoms in total. The number of halogens is 5. The molecule has 0 saturated carbocycles. The Morgan fingerprint density at radius 3 is 2.77 bits per heavy atom. The molecule has 0 spiro atoms. The summed E-state index contributed by atoms with van der Waals surface area (Å²) in [6, 6.07) is 6.46. The summed E-state index contributed by atoms with van der Waals surface area (Å²) in [5.74, 6) is 0.287. The van der Waals surface area contributed by atoms with Crippen LogP contribution in [0.1, 0.15) is 23.9 Å². The van der Waals surface area contributed by atoms with E-state index in [2.05, 4.69) is 20.6 Å². The number of anilines is 1. The van der Waals surface area contributed by atoms with Crippen LogP contribution in [-0.4, -0.2) is 40.5 Å². The lowest BCUT2D eigenvalue weighted by molar-refractivity contribution is -0.137. The van der Waals surface area contributed by atoms with E-state index in [1.54, 1.807) is 6.07 Å². The molecule has 2 amide bonds. The summed E-state index contributed by atoms with van der Waals surface area (Å²) in [6.45, 7) is 0.512. The second kappa shape index (κ2) is 8.01. The first kappa shape index (κ1) is 21.4. The van der Waals surface area contributed by atoms with Crippen LogP contribution in [0.3, 0.4) is 0 Å². The fraction of sp³-hybridized carbons (Fsp3) is 0.300. The molecule has 1 aliphatic rings. The topological polar surface area (TPSA) is 73.1 Å². The second-order valence-corrected chi connectivity index (χ2v) is 7.87. The van der Waals surface area contributed by atoms with Gasteiger partial charge in [0.1, 0.15) is 11.6 Å². The van der Waals surface area contributed by atoms with E-state index in [-0.39, 0.29) is 23.6 Å². The van der Waals surface area contributed by atoms with Crippen molar-refractivity contribution in [3.8, 4) is 0 Å². The molecular formula is C20H18ClF4N5O. The fourth-order valence-electron chi connectivity index (χ4n) is 3.76. The number of aromatic nitrogens is 2. The average Bonchev–Trinajstić information content (AvgIpc) is 3.24. The highest BCUT2D eigenvalue weighted by Crippen LogP contribution is 2.36. The quantitative estimate of drug-likeness (QED) is 0.490. The molecule has 31 heavy (non-hydrogen) atoms. The van der Waals surface area contributed by atoms with Crippen LogP contribution in [-0.2, 0) is 6.18 Å². The van der Waals surface area contributed by atoms with Crippen molar-refractivity contribution in [2.24, 2.45) is 0 Å². The minimum atomic E-state index is -4.62. The van der Waals surface area contributed by atoms with Crippen molar-refractivity contribution in [1.82, 2.24) is 20.2 Å². The molecule has 11 heteroatoms. The number of alkyl halides is 3. The summed E-state index contributed by atoms with van der Waals surface area (Å²) in [5, 5.41) is 4.74. The smallest absolute Gasteiger partial charge is 0.341 e. The summed E-state index contributed by atoms with van der Waals surface area (Å²) in [4.78, 5) is 21.9. The maximum atomic E-state index is 13.4. The SMILES string of the molecule is CN1C[C@H](NC(=O)Nc2ccc(Cl)c(C(F)(F)F)c2)C[C@H]1c1nc2ccc(F)cc2[nH]1. The first-order valence-electron chi connectivity index (χ1n) is 9.40. The molecule has 1 fully saturated rings. The van der Waals surface area contributed by atoms with E-state index in [1.165, 1.54) is 18.2 Å². The minimum absolute atomic E-state index is 0.0172. The van der Waals surface area contributed by atoms with E-state index in [4.69, 9.17) is 11.6 Å². The Bertz CT molecular complexity index is 1130. The lowest BCUT2D eigenvalue weighted by Gasteiger charge is -2.16. The first-order valence-corrected chi connectivity index (χ1v) is 9.77. The zero-order chi connectivity index (χ0) is 22.3. The van der Waals surface area contributed by atoms with Gasteiger partial charge in [-0.1, -0.05) is 11.6 Å². The number of H-pyrrole nitrogens is 1. The van der Waals surface area contributed by atoms with Gasteiger partial charge >= 0.3 is 12.2 Å². The van der Waals surface area contributed by atoms with Crippen LogP contribution in [0.15, 0.2) is 36.4 Å². The van der Waals surface area contributed by atoms with E-state index in [0.717, 1.165) is 12.1 Å². The van der Waals surface area contributed by atoms with Gasteiger partial charge in [0.05, 0.1) is 27.7 Å². The molecule has 4 rings (SSSR count). The maximum Gasteiger partial charge on any atom is 0.417 e. The highest BCUT2D eigenvalue weighted by molar-refractivity contribution is 6.31. The Kier molecular flexibility index (Phi) is 5.52. The van der Waals surface area contributed by atoms with Crippen LogP contribution < -0.4 is 10.6 Å². The van der Waals surface area contributed by atoms with Crippen molar-refractivity contribution in [1.29, 1.82) is 0 Å². The zero-order valence-electron chi connectivity index (χ0n) is 16.2. The van der Waals surface area contributed by atoms with Crippen molar-refractivity contribution < 1.29 is 22.4 Å². The highest BCUT2D eigenvalue weighted by Gasteiger charge is 2.35.